The first-order valence-corrected chi connectivity index (χ1v) is 4.20. The van der Waals surface area contributed by atoms with E-state index in [1.54, 1.807) is 0 Å². The van der Waals surface area contributed by atoms with Crippen molar-refractivity contribution in [2.24, 2.45) is 0 Å². The second kappa shape index (κ2) is 3.27. The zero-order chi connectivity index (χ0) is 10.3. The minimum absolute atomic E-state index is 0.0401. The Hall–Kier alpha value is -1.04. The fraction of sp³-hybridized carbons (Fsp3) is 0. The molecule has 0 bridgehead atoms. The van der Waals surface area contributed by atoms with E-state index in [0.29, 0.717) is 11.0 Å². The first-order valence-electron chi connectivity index (χ1n) is 3.82. The summed E-state index contributed by atoms with van der Waals surface area (Å²) in [5.74, 6) is -0.570. The van der Waals surface area contributed by atoms with Crippen molar-refractivity contribution in [3.05, 3.63) is 29.0 Å². The van der Waals surface area contributed by atoms with Crippen LogP contribution in [0.5, 0.6) is 0 Å². The molecule has 0 saturated heterocycles. The van der Waals surface area contributed by atoms with Gasteiger partial charge in [-0.25, -0.2) is 4.39 Å². The van der Waals surface area contributed by atoms with Gasteiger partial charge in [0.25, 0.3) is 0 Å². The lowest BCUT2D eigenvalue weighted by atomic mass is 9.88. The van der Waals surface area contributed by atoms with Gasteiger partial charge in [-0.15, -0.1) is 0 Å². The lowest BCUT2D eigenvalue weighted by molar-refractivity contribution is 0.412. The molecule has 1 aromatic carbocycles. The fourth-order valence-corrected chi connectivity index (χ4v) is 1.34. The number of halogens is 2. The molecule has 0 atom stereocenters. The van der Waals surface area contributed by atoms with Gasteiger partial charge in [0.1, 0.15) is 17.1 Å². The van der Waals surface area contributed by atoms with Crippen molar-refractivity contribution in [3.8, 4) is 0 Å². The van der Waals surface area contributed by atoms with Crippen LogP contribution in [0.3, 0.4) is 0 Å². The third kappa shape index (κ3) is 1.50. The van der Waals surface area contributed by atoms with Crippen LogP contribution in [0.15, 0.2) is 22.6 Å². The van der Waals surface area contributed by atoms with Gasteiger partial charge < -0.3 is 14.5 Å². The van der Waals surface area contributed by atoms with Gasteiger partial charge in [0.05, 0.1) is 5.02 Å². The molecule has 14 heavy (non-hydrogen) atoms. The van der Waals surface area contributed by atoms with Crippen molar-refractivity contribution < 1.29 is 18.9 Å². The smallest absolute Gasteiger partial charge is 0.465 e. The maximum atomic E-state index is 13.0. The third-order valence-corrected chi connectivity index (χ3v) is 2.12. The van der Waals surface area contributed by atoms with E-state index >= 15 is 0 Å². The summed E-state index contributed by atoms with van der Waals surface area (Å²) in [6.07, 6.45) is 0. The standard InChI is InChI=1S/C8H5BClFO3/c10-5-3-7-4(1-6(5)11)2-8(14-7)9(12)13/h1-3,12-13H. The molecule has 2 aromatic rings. The highest BCUT2D eigenvalue weighted by molar-refractivity contribution is 6.57. The number of benzene rings is 1. The van der Waals surface area contributed by atoms with Gasteiger partial charge in [0.15, 0.2) is 0 Å². The SMILES string of the molecule is OB(O)c1cc2cc(F)c(Cl)cc2o1. The molecular weight excluding hydrogens is 209 g/mol. The van der Waals surface area contributed by atoms with Gasteiger partial charge in [0, 0.05) is 11.5 Å². The summed E-state index contributed by atoms with van der Waals surface area (Å²) < 4.78 is 18.0. The molecule has 0 amide bonds. The van der Waals surface area contributed by atoms with Gasteiger partial charge in [-0.1, -0.05) is 11.6 Å². The predicted octanol–water partition coefficient (Wildman–Crippen LogP) is 0.905. The molecule has 0 unspecified atom stereocenters. The minimum atomic E-state index is -1.70. The summed E-state index contributed by atoms with van der Waals surface area (Å²) in [6.45, 7) is 0. The van der Waals surface area contributed by atoms with Gasteiger partial charge in [-0.05, 0) is 12.1 Å². The summed E-state index contributed by atoms with van der Waals surface area (Å²) in [6, 6.07) is 3.81. The van der Waals surface area contributed by atoms with Crippen molar-refractivity contribution in [1.29, 1.82) is 0 Å². The summed E-state index contributed by atoms with van der Waals surface area (Å²) >= 11 is 5.52. The molecule has 2 rings (SSSR count). The van der Waals surface area contributed by atoms with E-state index in [1.807, 2.05) is 0 Å². The number of fused-ring (bicyclic) bond motifs is 1. The van der Waals surface area contributed by atoms with Crippen molar-refractivity contribution >= 4 is 35.3 Å². The molecule has 0 saturated carbocycles. The van der Waals surface area contributed by atoms with Crippen molar-refractivity contribution in [2.45, 2.75) is 0 Å². The molecular formula is C8H5BClFO3. The predicted molar refractivity (Wildman–Crippen MR) is 51.0 cm³/mol. The number of rotatable bonds is 1. The van der Waals surface area contributed by atoms with E-state index in [2.05, 4.69) is 0 Å². The monoisotopic (exact) mass is 214 g/mol. The van der Waals surface area contributed by atoms with Gasteiger partial charge in [-0.2, -0.15) is 0 Å². The highest BCUT2D eigenvalue weighted by atomic mass is 35.5. The van der Waals surface area contributed by atoms with Crippen LogP contribution in [0, 0.1) is 5.82 Å². The molecule has 0 radical (unpaired) electrons. The number of hydrogen-bond acceptors (Lipinski definition) is 3. The average Bonchev–Trinajstić information content (AvgIpc) is 2.48. The second-order valence-electron chi connectivity index (χ2n) is 2.83. The van der Waals surface area contributed by atoms with Crippen LogP contribution in [-0.2, 0) is 0 Å². The number of furan rings is 1. The van der Waals surface area contributed by atoms with E-state index in [-0.39, 0.29) is 10.7 Å². The van der Waals surface area contributed by atoms with E-state index in [4.69, 9.17) is 26.1 Å². The van der Waals surface area contributed by atoms with Crippen LogP contribution in [0.1, 0.15) is 0 Å². The van der Waals surface area contributed by atoms with Crippen LogP contribution in [0.2, 0.25) is 5.02 Å². The van der Waals surface area contributed by atoms with E-state index in [0.717, 1.165) is 0 Å². The summed E-state index contributed by atoms with van der Waals surface area (Å²) in [5.41, 5.74) is 0.279. The van der Waals surface area contributed by atoms with E-state index < -0.39 is 12.9 Å². The molecule has 0 fully saturated rings. The first-order chi connectivity index (χ1) is 6.58. The molecule has 6 heteroatoms. The molecule has 0 aliphatic heterocycles. The molecule has 72 valence electrons. The van der Waals surface area contributed by atoms with Gasteiger partial charge in [0.2, 0.25) is 0 Å². The Morgan fingerprint density at radius 3 is 2.64 bits per heavy atom. The molecule has 0 aliphatic carbocycles. The third-order valence-electron chi connectivity index (χ3n) is 1.83. The Labute approximate surface area is 83.9 Å². The van der Waals surface area contributed by atoms with Crippen LogP contribution >= 0.6 is 11.6 Å². The zero-order valence-corrected chi connectivity index (χ0v) is 7.62. The summed E-state index contributed by atoms with van der Waals surface area (Å²) in [4.78, 5) is 0. The molecule has 2 N–H and O–H groups in total. The minimum Gasteiger partial charge on any atom is -0.465 e. The normalized spacial score (nSPS) is 10.9. The Balaban J connectivity index is 2.66. The fourth-order valence-electron chi connectivity index (χ4n) is 1.18. The summed E-state index contributed by atoms with van der Waals surface area (Å²) in [7, 11) is -1.70. The maximum absolute atomic E-state index is 13.0. The lowest BCUT2D eigenvalue weighted by Crippen LogP contribution is -2.27. The van der Waals surface area contributed by atoms with Crippen molar-refractivity contribution in [2.75, 3.05) is 0 Å². The first kappa shape index (κ1) is 9.52. The molecule has 0 spiro atoms. The highest BCUT2D eigenvalue weighted by Gasteiger charge is 2.17. The molecule has 0 aliphatic rings. The highest BCUT2D eigenvalue weighted by Crippen LogP contribution is 2.22. The zero-order valence-electron chi connectivity index (χ0n) is 6.87. The second-order valence-corrected chi connectivity index (χ2v) is 3.23. The molecule has 3 nitrogen and oxygen atoms in total. The largest absolute Gasteiger partial charge is 0.526 e. The Morgan fingerprint density at radius 2 is 2.00 bits per heavy atom. The average molecular weight is 214 g/mol. The van der Waals surface area contributed by atoms with Crippen molar-refractivity contribution in [3.63, 3.8) is 0 Å². The molecule has 1 heterocycles. The van der Waals surface area contributed by atoms with Crippen LogP contribution in [0.4, 0.5) is 4.39 Å². The quantitative estimate of drug-likeness (QED) is 0.694. The van der Waals surface area contributed by atoms with Gasteiger partial charge >= 0.3 is 7.12 Å². The van der Waals surface area contributed by atoms with Crippen LogP contribution < -0.4 is 5.66 Å². The van der Waals surface area contributed by atoms with E-state index in [9.17, 15) is 4.39 Å². The van der Waals surface area contributed by atoms with Gasteiger partial charge in [-0.3, -0.25) is 0 Å². The van der Waals surface area contributed by atoms with Crippen LogP contribution in [-0.4, -0.2) is 17.2 Å². The Bertz CT molecular complexity index is 444. The summed E-state index contributed by atoms with van der Waals surface area (Å²) in [5, 5.41) is 18.0. The number of hydrogen-bond donors (Lipinski definition) is 2. The van der Waals surface area contributed by atoms with Crippen molar-refractivity contribution in [1.82, 2.24) is 0 Å². The molecule has 1 aromatic heterocycles. The Kier molecular flexibility index (Phi) is 2.22. The maximum Gasteiger partial charge on any atom is 0.526 e. The van der Waals surface area contributed by atoms with E-state index in [1.165, 1.54) is 18.2 Å². The topological polar surface area (TPSA) is 53.6 Å². The lowest BCUT2D eigenvalue weighted by Gasteiger charge is -1.92. The Morgan fingerprint density at radius 1 is 1.29 bits per heavy atom. The van der Waals surface area contributed by atoms with Crippen LogP contribution in [0.25, 0.3) is 11.0 Å².